The quantitative estimate of drug-likeness (QED) is 0.390. The summed E-state index contributed by atoms with van der Waals surface area (Å²) >= 11 is 0. The molecule has 25 heavy (non-hydrogen) atoms. The van der Waals surface area contributed by atoms with E-state index in [0.29, 0.717) is 38.5 Å². The first-order chi connectivity index (χ1) is 12.0. The predicted octanol–water partition coefficient (Wildman–Crippen LogP) is 3.68. The van der Waals surface area contributed by atoms with Gasteiger partial charge in [0.05, 0.1) is 6.10 Å². The smallest absolute Gasteiger partial charge is 0.303 e. The zero-order valence-corrected chi connectivity index (χ0v) is 15.3. The highest BCUT2D eigenvalue weighted by atomic mass is 16.4. The van der Waals surface area contributed by atoms with Crippen LogP contribution in [-0.2, 0) is 14.4 Å². The Kier molecular flexibility index (Phi) is 10.3. The SMILES string of the molecule is CCCCCC(=O)CCC1[C@H](O)CC(=O)[C@@H]1C/C=C\CCCC(=O)O. The van der Waals surface area contributed by atoms with Crippen LogP contribution in [0.3, 0.4) is 0 Å². The highest BCUT2D eigenvalue weighted by Crippen LogP contribution is 2.35. The lowest BCUT2D eigenvalue weighted by atomic mass is 9.86. The van der Waals surface area contributed by atoms with Gasteiger partial charge in [-0.15, -0.1) is 0 Å². The Morgan fingerprint density at radius 1 is 1.12 bits per heavy atom. The summed E-state index contributed by atoms with van der Waals surface area (Å²) in [6.45, 7) is 2.10. The van der Waals surface area contributed by atoms with Crippen molar-refractivity contribution in [2.45, 2.75) is 83.7 Å². The second-order valence-corrected chi connectivity index (χ2v) is 7.04. The topological polar surface area (TPSA) is 91.7 Å². The third kappa shape index (κ3) is 8.43. The van der Waals surface area contributed by atoms with E-state index >= 15 is 0 Å². The minimum Gasteiger partial charge on any atom is -0.481 e. The monoisotopic (exact) mass is 352 g/mol. The fourth-order valence-electron chi connectivity index (χ4n) is 3.47. The third-order valence-electron chi connectivity index (χ3n) is 4.97. The van der Waals surface area contributed by atoms with Crippen LogP contribution in [-0.4, -0.2) is 33.9 Å². The van der Waals surface area contributed by atoms with Gasteiger partial charge >= 0.3 is 5.97 Å². The van der Waals surface area contributed by atoms with Crippen molar-refractivity contribution in [3.8, 4) is 0 Å². The predicted molar refractivity (Wildman–Crippen MR) is 96.2 cm³/mol. The molecule has 1 fully saturated rings. The van der Waals surface area contributed by atoms with Gasteiger partial charge in [-0.1, -0.05) is 31.9 Å². The molecule has 0 saturated heterocycles. The Bertz CT molecular complexity index is 469. The third-order valence-corrected chi connectivity index (χ3v) is 4.97. The van der Waals surface area contributed by atoms with Crippen LogP contribution in [0.15, 0.2) is 12.2 Å². The summed E-state index contributed by atoms with van der Waals surface area (Å²) in [6, 6.07) is 0. The zero-order valence-electron chi connectivity index (χ0n) is 15.3. The molecule has 2 N–H and O–H groups in total. The Morgan fingerprint density at radius 2 is 1.88 bits per heavy atom. The summed E-state index contributed by atoms with van der Waals surface area (Å²) < 4.78 is 0. The van der Waals surface area contributed by atoms with Crippen LogP contribution in [0.2, 0.25) is 0 Å². The molecule has 0 spiro atoms. The Hall–Kier alpha value is -1.49. The van der Waals surface area contributed by atoms with Crippen molar-refractivity contribution in [2.75, 3.05) is 0 Å². The average molecular weight is 352 g/mol. The molecular formula is C20H32O5. The molecule has 142 valence electrons. The number of Topliss-reactive ketones (excluding diaryl/α,β-unsaturated/α-hetero) is 2. The summed E-state index contributed by atoms with van der Waals surface area (Å²) in [5.74, 6) is -0.847. The van der Waals surface area contributed by atoms with Crippen LogP contribution in [0.4, 0.5) is 0 Å². The molecule has 0 aromatic rings. The normalized spacial score (nSPS) is 23.4. The van der Waals surface area contributed by atoms with Gasteiger partial charge in [0.2, 0.25) is 0 Å². The summed E-state index contributed by atoms with van der Waals surface area (Å²) in [5.41, 5.74) is 0. The number of ketones is 2. The number of carbonyl (C=O) groups excluding carboxylic acids is 2. The van der Waals surface area contributed by atoms with Crippen LogP contribution in [0.25, 0.3) is 0 Å². The number of hydrogen-bond donors (Lipinski definition) is 2. The molecule has 1 rings (SSSR count). The molecule has 0 heterocycles. The lowest BCUT2D eigenvalue weighted by Gasteiger charge is -2.19. The molecule has 3 atom stereocenters. The number of aliphatic carboxylic acids is 1. The fourth-order valence-corrected chi connectivity index (χ4v) is 3.47. The van der Waals surface area contributed by atoms with Gasteiger partial charge in [-0.25, -0.2) is 0 Å². The lowest BCUT2D eigenvalue weighted by Crippen LogP contribution is -2.21. The largest absolute Gasteiger partial charge is 0.481 e. The first-order valence-corrected chi connectivity index (χ1v) is 9.55. The maximum atomic E-state index is 12.1. The van der Waals surface area contributed by atoms with Gasteiger partial charge in [0.25, 0.3) is 0 Å². The van der Waals surface area contributed by atoms with E-state index in [1.807, 2.05) is 12.2 Å². The van der Waals surface area contributed by atoms with Crippen molar-refractivity contribution in [3.05, 3.63) is 12.2 Å². The van der Waals surface area contributed by atoms with Gasteiger partial charge in [0.1, 0.15) is 11.6 Å². The summed E-state index contributed by atoms with van der Waals surface area (Å²) in [6.07, 6.45) is 10.0. The van der Waals surface area contributed by atoms with Gasteiger partial charge in [-0.05, 0) is 38.0 Å². The maximum absolute atomic E-state index is 12.1. The van der Waals surface area contributed by atoms with E-state index in [2.05, 4.69) is 6.92 Å². The molecule has 0 aromatic heterocycles. The van der Waals surface area contributed by atoms with Crippen LogP contribution in [0.5, 0.6) is 0 Å². The molecule has 1 unspecified atom stereocenters. The summed E-state index contributed by atoms with van der Waals surface area (Å²) in [4.78, 5) is 34.5. The van der Waals surface area contributed by atoms with E-state index < -0.39 is 12.1 Å². The second kappa shape index (κ2) is 12.0. The molecule has 5 heteroatoms. The average Bonchev–Trinajstić information content (AvgIpc) is 2.82. The van der Waals surface area contributed by atoms with Gasteiger partial charge in [0, 0.05) is 31.6 Å². The molecule has 1 aliphatic carbocycles. The van der Waals surface area contributed by atoms with Crippen molar-refractivity contribution in [3.63, 3.8) is 0 Å². The van der Waals surface area contributed by atoms with Gasteiger partial charge in [0.15, 0.2) is 0 Å². The van der Waals surface area contributed by atoms with E-state index in [-0.39, 0.29) is 36.2 Å². The molecular weight excluding hydrogens is 320 g/mol. The van der Waals surface area contributed by atoms with Gasteiger partial charge < -0.3 is 10.2 Å². The minimum absolute atomic E-state index is 0.0751. The van der Waals surface area contributed by atoms with Crippen molar-refractivity contribution in [2.24, 2.45) is 11.8 Å². The molecule has 0 bridgehead atoms. The molecule has 0 amide bonds. The molecule has 1 saturated carbocycles. The highest BCUT2D eigenvalue weighted by Gasteiger charge is 2.40. The molecule has 0 radical (unpaired) electrons. The van der Waals surface area contributed by atoms with E-state index in [4.69, 9.17) is 5.11 Å². The van der Waals surface area contributed by atoms with Crippen LogP contribution >= 0.6 is 0 Å². The number of carboxylic acids is 1. The summed E-state index contributed by atoms with van der Waals surface area (Å²) in [5, 5.41) is 18.7. The van der Waals surface area contributed by atoms with Gasteiger partial charge in [-0.3, -0.25) is 14.4 Å². The number of aliphatic hydroxyl groups is 1. The highest BCUT2D eigenvalue weighted by molar-refractivity contribution is 5.84. The number of carbonyl (C=O) groups is 3. The maximum Gasteiger partial charge on any atom is 0.303 e. The first kappa shape index (κ1) is 21.6. The minimum atomic E-state index is -0.800. The van der Waals surface area contributed by atoms with E-state index in [0.717, 1.165) is 19.3 Å². The Labute approximate surface area is 150 Å². The number of allylic oxidation sites excluding steroid dienone is 2. The van der Waals surface area contributed by atoms with Crippen LogP contribution in [0, 0.1) is 11.8 Å². The van der Waals surface area contributed by atoms with Crippen LogP contribution < -0.4 is 0 Å². The molecule has 0 aromatic carbocycles. The van der Waals surface area contributed by atoms with E-state index in [1.54, 1.807) is 0 Å². The van der Waals surface area contributed by atoms with Crippen LogP contribution in [0.1, 0.15) is 77.6 Å². The number of hydrogen-bond acceptors (Lipinski definition) is 4. The zero-order chi connectivity index (χ0) is 18.7. The Balaban J connectivity index is 2.39. The van der Waals surface area contributed by atoms with E-state index in [1.165, 1.54) is 0 Å². The number of aliphatic hydroxyl groups excluding tert-OH is 1. The van der Waals surface area contributed by atoms with E-state index in [9.17, 15) is 19.5 Å². The first-order valence-electron chi connectivity index (χ1n) is 9.55. The standard InChI is InChI=1S/C20H32O5/c1-2-3-6-9-15(21)12-13-17-16(18(22)14-19(17)23)10-7-4-5-8-11-20(24)25/h4,7,16-17,19,23H,2-3,5-6,8-14H2,1H3,(H,24,25)/b7-4-/t16-,17?,19-/m1/s1. The van der Waals surface area contributed by atoms with Crippen molar-refractivity contribution in [1.29, 1.82) is 0 Å². The van der Waals surface area contributed by atoms with Crippen molar-refractivity contribution >= 4 is 17.5 Å². The Morgan fingerprint density at radius 3 is 2.56 bits per heavy atom. The number of rotatable bonds is 13. The van der Waals surface area contributed by atoms with Crippen molar-refractivity contribution < 1.29 is 24.6 Å². The number of carboxylic acid groups (broad SMARTS) is 1. The second-order valence-electron chi connectivity index (χ2n) is 7.04. The number of unbranched alkanes of at least 4 members (excludes halogenated alkanes) is 3. The molecule has 1 aliphatic rings. The molecule has 5 nitrogen and oxygen atoms in total. The molecule has 0 aliphatic heterocycles. The van der Waals surface area contributed by atoms with Gasteiger partial charge in [-0.2, -0.15) is 0 Å². The fraction of sp³-hybridized carbons (Fsp3) is 0.750. The lowest BCUT2D eigenvalue weighted by molar-refractivity contribution is -0.137. The van der Waals surface area contributed by atoms with Crippen molar-refractivity contribution in [1.82, 2.24) is 0 Å². The summed E-state index contributed by atoms with van der Waals surface area (Å²) in [7, 11) is 0.